The molecule has 2 rings (SSSR count). The first-order chi connectivity index (χ1) is 12.0. The summed E-state index contributed by atoms with van der Waals surface area (Å²) >= 11 is 11.2. The molecule has 0 saturated carbocycles. The van der Waals surface area contributed by atoms with Crippen LogP contribution < -0.4 is 25.6 Å². The van der Waals surface area contributed by atoms with E-state index in [2.05, 4.69) is 16.2 Å². The number of thiocarbonyl (C=S) groups is 1. The highest BCUT2D eigenvalue weighted by atomic mass is 35.5. The van der Waals surface area contributed by atoms with E-state index in [9.17, 15) is 4.79 Å². The molecule has 1 aliphatic heterocycles. The molecule has 7 nitrogen and oxygen atoms in total. The van der Waals surface area contributed by atoms with Gasteiger partial charge in [0.1, 0.15) is 13.2 Å². The van der Waals surface area contributed by atoms with Crippen LogP contribution in [0.25, 0.3) is 6.08 Å². The van der Waals surface area contributed by atoms with E-state index in [1.165, 1.54) is 6.08 Å². The number of hydrogen-bond acceptors (Lipinski definition) is 5. The number of amides is 1. The van der Waals surface area contributed by atoms with Gasteiger partial charge in [-0.2, -0.15) is 0 Å². The molecule has 0 unspecified atom stereocenters. The van der Waals surface area contributed by atoms with Crippen molar-refractivity contribution < 1.29 is 19.0 Å². The molecule has 1 atom stereocenters. The van der Waals surface area contributed by atoms with Gasteiger partial charge in [-0.15, -0.1) is 0 Å². The second-order valence-electron chi connectivity index (χ2n) is 5.30. The number of methoxy groups -OCH3 is 1. The van der Waals surface area contributed by atoms with Gasteiger partial charge in [-0.05, 0) is 42.9 Å². The maximum absolute atomic E-state index is 11.8. The second kappa shape index (κ2) is 9.45. The molecule has 3 N–H and O–H groups in total. The molecule has 0 spiro atoms. The molecular weight excluding hydrogens is 366 g/mol. The van der Waals surface area contributed by atoms with E-state index in [1.807, 2.05) is 6.92 Å². The van der Waals surface area contributed by atoms with Gasteiger partial charge in [0, 0.05) is 19.2 Å². The van der Waals surface area contributed by atoms with Crippen LogP contribution in [0.15, 0.2) is 18.2 Å². The Labute approximate surface area is 156 Å². The second-order valence-corrected chi connectivity index (χ2v) is 6.12. The van der Waals surface area contributed by atoms with Crippen LogP contribution in [0.5, 0.6) is 11.5 Å². The van der Waals surface area contributed by atoms with E-state index in [4.69, 9.17) is 38.0 Å². The van der Waals surface area contributed by atoms with Gasteiger partial charge in [-0.3, -0.25) is 15.6 Å². The first-order valence-electron chi connectivity index (χ1n) is 7.62. The Kier molecular flexibility index (Phi) is 7.30. The van der Waals surface area contributed by atoms with Crippen LogP contribution in [-0.2, 0) is 9.53 Å². The van der Waals surface area contributed by atoms with Crippen molar-refractivity contribution in [2.45, 2.75) is 13.0 Å². The highest BCUT2D eigenvalue weighted by molar-refractivity contribution is 7.80. The average molecular weight is 386 g/mol. The van der Waals surface area contributed by atoms with Gasteiger partial charge in [0.2, 0.25) is 0 Å². The third-order valence-corrected chi connectivity index (χ3v) is 3.64. The molecule has 1 aromatic rings. The molecule has 0 bridgehead atoms. The number of ether oxygens (including phenoxy) is 3. The average Bonchev–Trinajstić information content (AvgIpc) is 2.58. The maximum Gasteiger partial charge on any atom is 0.262 e. The van der Waals surface area contributed by atoms with E-state index in [0.717, 1.165) is 5.56 Å². The summed E-state index contributed by atoms with van der Waals surface area (Å²) in [7, 11) is 1.60. The number of benzene rings is 1. The van der Waals surface area contributed by atoms with E-state index in [-0.39, 0.29) is 11.9 Å². The van der Waals surface area contributed by atoms with E-state index >= 15 is 0 Å². The molecule has 0 fully saturated rings. The van der Waals surface area contributed by atoms with Crippen molar-refractivity contribution in [1.29, 1.82) is 0 Å². The lowest BCUT2D eigenvalue weighted by atomic mass is 10.1. The number of fused-ring (bicyclic) bond motifs is 1. The van der Waals surface area contributed by atoms with Gasteiger partial charge in [-0.25, -0.2) is 0 Å². The van der Waals surface area contributed by atoms with Gasteiger partial charge in [-0.1, -0.05) is 11.6 Å². The van der Waals surface area contributed by atoms with Crippen molar-refractivity contribution in [1.82, 2.24) is 16.2 Å². The standard InChI is InChI=1S/C16H20ClN3O4S/c1-10(9-22-2)18-16(25)20-19-14(21)4-3-11-7-12(17)15-13(8-11)23-5-6-24-15/h3-4,7-8,10H,5-6,9H2,1-2H3,(H,19,21)(H2,18,20,25)/b4-3+/t10-/m1/s1. The minimum absolute atomic E-state index is 0.0253. The molecule has 0 aromatic heterocycles. The van der Waals surface area contributed by atoms with Crippen LogP contribution in [0.1, 0.15) is 12.5 Å². The Balaban J connectivity index is 1.86. The van der Waals surface area contributed by atoms with Crippen molar-refractivity contribution in [2.24, 2.45) is 0 Å². The monoisotopic (exact) mass is 385 g/mol. The Morgan fingerprint density at radius 2 is 2.16 bits per heavy atom. The minimum atomic E-state index is -0.366. The number of nitrogens with one attached hydrogen (secondary N) is 3. The van der Waals surface area contributed by atoms with E-state index in [0.29, 0.717) is 41.5 Å². The van der Waals surface area contributed by atoms with Gasteiger partial charge in [0.25, 0.3) is 5.91 Å². The summed E-state index contributed by atoms with van der Waals surface area (Å²) in [4.78, 5) is 11.8. The molecule has 1 heterocycles. The fourth-order valence-corrected chi connectivity index (χ4v) is 2.64. The Bertz CT molecular complexity index is 669. The minimum Gasteiger partial charge on any atom is -0.486 e. The molecule has 9 heteroatoms. The predicted octanol–water partition coefficient (Wildman–Crippen LogP) is 1.65. The van der Waals surface area contributed by atoms with Crippen LogP contribution in [-0.4, -0.2) is 44.0 Å². The highest BCUT2D eigenvalue weighted by Gasteiger charge is 2.15. The van der Waals surface area contributed by atoms with Gasteiger partial charge in [0.15, 0.2) is 16.6 Å². The number of halogens is 1. The van der Waals surface area contributed by atoms with Crippen LogP contribution in [0.4, 0.5) is 0 Å². The number of hydrazine groups is 1. The van der Waals surface area contributed by atoms with Crippen molar-refractivity contribution in [3.63, 3.8) is 0 Å². The Hall–Kier alpha value is -2.03. The lowest BCUT2D eigenvalue weighted by Crippen LogP contribution is -2.49. The fourth-order valence-electron chi connectivity index (χ4n) is 2.11. The summed E-state index contributed by atoms with van der Waals surface area (Å²) in [6, 6.07) is 3.48. The number of hydrogen-bond donors (Lipinski definition) is 3. The molecular formula is C16H20ClN3O4S. The quantitative estimate of drug-likeness (QED) is 0.404. The summed E-state index contributed by atoms with van der Waals surface area (Å²) < 4.78 is 15.9. The number of carbonyl (C=O) groups excluding carboxylic acids is 1. The summed E-state index contributed by atoms with van der Waals surface area (Å²) in [6.07, 6.45) is 2.97. The van der Waals surface area contributed by atoms with Crippen LogP contribution in [0.3, 0.4) is 0 Å². The highest BCUT2D eigenvalue weighted by Crippen LogP contribution is 2.38. The molecule has 0 saturated heterocycles. The topological polar surface area (TPSA) is 80.9 Å². The molecule has 1 amide bonds. The molecule has 1 aromatic carbocycles. The lowest BCUT2D eigenvalue weighted by molar-refractivity contribution is -0.116. The van der Waals surface area contributed by atoms with Crippen molar-refractivity contribution >= 4 is 40.9 Å². The number of carbonyl (C=O) groups is 1. The van der Waals surface area contributed by atoms with Gasteiger partial charge < -0.3 is 19.5 Å². The summed E-state index contributed by atoms with van der Waals surface area (Å²) in [5.41, 5.74) is 5.80. The molecule has 136 valence electrons. The third-order valence-electron chi connectivity index (χ3n) is 3.14. The van der Waals surface area contributed by atoms with Crippen molar-refractivity contribution in [3.05, 3.63) is 28.8 Å². The normalized spacial score (nSPS) is 14.0. The van der Waals surface area contributed by atoms with Gasteiger partial charge >= 0.3 is 0 Å². The van der Waals surface area contributed by atoms with E-state index in [1.54, 1.807) is 25.3 Å². The SMILES string of the molecule is COC[C@@H](C)NC(=S)NNC(=O)/C=C/c1cc(Cl)c2c(c1)OCCO2. The summed E-state index contributed by atoms with van der Waals surface area (Å²) in [6.45, 7) is 3.34. The van der Waals surface area contributed by atoms with Crippen molar-refractivity contribution in [2.75, 3.05) is 26.9 Å². The maximum atomic E-state index is 11.8. The first-order valence-corrected chi connectivity index (χ1v) is 8.41. The molecule has 1 aliphatic rings. The van der Waals surface area contributed by atoms with Crippen molar-refractivity contribution in [3.8, 4) is 11.5 Å². The number of rotatable bonds is 5. The zero-order valence-electron chi connectivity index (χ0n) is 13.9. The molecule has 0 radical (unpaired) electrons. The smallest absolute Gasteiger partial charge is 0.262 e. The van der Waals surface area contributed by atoms with Crippen LogP contribution >= 0.6 is 23.8 Å². The zero-order valence-corrected chi connectivity index (χ0v) is 15.5. The lowest BCUT2D eigenvalue weighted by Gasteiger charge is -2.19. The first kappa shape index (κ1) is 19.3. The van der Waals surface area contributed by atoms with Crippen LogP contribution in [0, 0.1) is 0 Å². The largest absolute Gasteiger partial charge is 0.486 e. The fraction of sp³-hybridized carbons (Fsp3) is 0.375. The Morgan fingerprint density at radius 3 is 2.92 bits per heavy atom. The molecule has 0 aliphatic carbocycles. The van der Waals surface area contributed by atoms with Crippen LogP contribution in [0.2, 0.25) is 5.02 Å². The summed E-state index contributed by atoms with van der Waals surface area (Å²) in [5.74, 6) is 0.724. The molecule has 25 heavy (non-hydrogen) atoms. The van der Waals surface area contributed by atoms with E-state index < -0.39 is 0 Å². The Morgan fingerprint density at radius 1 is 1.40 bits per heavy atom. The predicted molar refractivity (Wildman–Crippen MR) is 99.8 cm³/mol. The van der Waals surface area contributed by atoms with Gasteiger partial charge in [0.05, 0.1) is 11.6 Å². The zero-order chi connectivity index (χ0) is 18.2. The summed E-state index contributed by atoms with van der Waals surface area (Å²) in [5, 5.41) is 3.70. The third kappa shape index (κ3) is 6.08.